The molecule has 1 unspecified atom stereocenters. The van der Waals surface area contributed by atoms with Gasteiger partial charge in [-0.25, -0.2) is 0 Å². The van der Waals surface area contributed by atoms with E-state index in [4.69, 9.17) is 0 Å². The summed E-state index contributed by atoms with van der Waals surface area (Å²) in [5.74, 6) is 0.0401. The first-order valence-corrected chi connectivity index (χ1v) is 4.70. The minimum Gasteiger partial charge on any atom is -0.349 e. The second-order valence-electron chi connectivity index (χ2n) is 3.51. The summed E-state index contributed by atoms with van der Waals surface area (Å²) in [5.41, 5.74) is 0.995. The molecule has 78 valence electrons. The van der Waals surface area contributed by atoms with Crippen molar-refractivity contribution in [1.29, 1.82) is 0 Å². The van der Waals surface area contributed by atoms with Crippen molar-refractivity contribution in [2.75, 3.05) is 0 Å². The summed E-state index contributed by atoms with van der Waals surface area (Å²) < 4.78 is 0. The van der Waals surface area contributed by atoms with E-state index in [0.29, 0.717) is 6.42 Å². The van der Waals surface area contributed by atoms with Gasteiger partial charge in [-0.15, -0.1) is 0 Å². The van der Waals surface area contributed by atoms with Crippen LogP contribution in [-0.4, -0.2) is 10.8 Å². The molecule has 1 N–H and O–H groups in total. The van der Waals surface area contributed by atoms with E-state index in [1.807, 2.05) is 0 Å². The van der Waals surface area contributed by atoms with Crippen LogP contribution in [0.3, 0.4) is 0 Å². The van der Waals surface area contributed by atoms with Crippen LogP contribution in [0.15, 0.2) is 24.3 Å². The Labute approximate surface area is 86.2 Å². The lowest BCUT2D eigenvalue weighted by Gasteiger charge is -2.09. The van der Waals surface area contributed by atoms with E-state index in [-0.39, 0.29) is 17.6 Å². The normalized spacial score (nSPS) is 20.0. The number of benzene rings is 1. The minimum absolute atomic E-state index is 0.0123. The number of nitrogens with zero attached hydrogens (tertiary/aromatic N) is 1. The first kappa shape index (κ1) is 9.64. The fraction of sp³-hybridized carbons (Fsp3) is 0.300. The van der Waals surface area contributed by atoms with Crippen LogP contribution in [0, 0.1) is 10.1 Å². The van der Waals surface area contributed by atoms with Crippen molar-refractivity contribution in [3.8, 4) is 0 Å². The van der Waals surface area contributed by atoms with Crippen molar-refractivity contribution in [2.45, 2.75) is 18.9 Å². The molecule has 1 saturated heterocycles. The topological polar surface area (TPSA) is 72.2 Å². The van der Waals surface area contributed by atoms with E-state index >= 15 is 0 Å². The van der Waals surface area contributed by atoms with Gasteiger partial charge in [0.15, 0.2) is 0 Å². The summed E-state index contributed by atoms with van der Waals surface area (Å²) in [5, 5.41) is 13.2. The lowest BCUT2D eigenvalue weighted by atomic mass is 10.1. The summed E-state index contributed by atoms with van der Waals surface area (Å²) in [6, 6.07) is 6.31. The van der Waals surface area contributed by atoms with Gasteiger partial charge in [0.05, 0.1) is 11.0 Å². The maximum Gasteiger partial charge on any atom is 0.269 e. The molecule has 1 aliphatic heterocycles. The largest absolute Gasteiger partial charge is 0.349 e. The van der Waals surface area contributed by atoms with Crippen molar-refractivity contribution in [2.24, 2.45) is 0 Å². The molecule has 1 amide bonds. The molecule has 1 aromatic rings. The maximum atomic E-state index is 11.0. The van der Waals surface area contributed by atoms with E-state index in [1.165, 1.54) is 12.1 Å². The summed E-state index contributed by atoms with van der Waals surface area (Å²) in [6.45, 7) is 0. The number of amides is 1. The van der Waals surface area contributed by atoms with Crippen molar-refractivity contribution in [3.05, 3.63) is 39.9 Å². The number of hydrogen-bond donors (Lipinski definition) is 1. The highest BCUT2D eigenvalue weighted by molar-refractivity contribution is 5.78. The third-order valence-electron chi connectivity index (χ3n) is 2.50. The standard InChI is InChI=1S/C10H10N2O3/c13-10-6-5-9(11-10)7-1-3-8(4-2-7)12(14)15/h1-4,9H,5-6H2,(H,11,13). The zero-order valence-electron chi connectivity index (χ0n) is 7.97. The van der Waals surface area contributed by atoms with E-state index in [0.717, 1.165) is 12.0 Å². The van der Waals surface area contributed by atoms with Crippen LogP contribution in [0.4, 0.5) is 5.69 Å². The van der Waals surface area contributed by atoms with Gasteiger partial charge in [-0.3, -0.25) is 14.9 Å². The molecule has 1 aliphatic rings. The Kier molecular flexibility index (Phi) is 2.37. The SMILES string of the molecule is O=C1CCC(c2ccc([N+](=O)[O-])cc2)N1. The molecule has 0 bridgehead atoms. The van der Waals surface area contributed by atoms with Crippen LogP contribution in [0.2, 0.25) is 0 Å². The molecule has 1 fully saturated rings. The van der Waals surface area contributed by atoms with Gasteiger partial charge >= 0.3 is 0 Å². The second kappa shape index (κ2) is 3.68. The predicted octanol–water partition coefficient (Wildman–Crippen LogP) is 1.55. The first-order valence-electron chi connectivity index (χ1n) is 4.70. The molecule has 5 heteroatoms. The van der Waals surface area contributed by atoms with E-state index in [9.17, 15) is 14.9 Å². The fourth-order valence-corrected chi connectivity index (χ4v) is 1.69. The Bertz CT molecular complexity index is 400. The Morgan fingerprint density at radius 2 is 2.00 bits per heavy atom. The highest BCUT2D eigenvalue weighted by Crippen LogP contribution is 2.25. The summed E-state index contributed by atoms with van der Waals surface area (Å²) in [7, 11) is 0. The molecular weight excluding hydrogens is 196 g/mol. The third kappa shape index (κ3) is 1.96. The molecule has 1 heterocycles. The number of rotatable bonds is 2. The quantitative estimate of drug-likeness (QED) is 0.589. The van der Waals surface area contributed by atoms with E-state index in [1.54, 1.807) is 12.1 Å². The molecule has 2 rings (SSSR count). The lowest BCUT2D eigenvalue weighted by molar-refractivity contribution is -0.384. The molecule has 0 saturated carbocycles. The predicted molar refractivity (Wildman–Crippen MR) is 53.2 cm³/mol. The molecule has 1 aromatic carbocycles. The van der Waals surface area contributed by atoms with E-state index < -0.39 is 4.92 Å². The highest BCUT2D eigenvalue weighted by atomic mass is 16.6. The number of nitro benzene ring substituents is 1. The highest BCUT2D eigenvalue weighted by Gasteiger charge is 2.22. The van der Waals surface area contributed by atoms with Crippen molar-refractivity contribution in [1.82, 2.24) is 5.32 Å². The maximum absolute atomic E-state index is 11.0. The first-order chi connectivity index (χ1) is 7.16. The van der Waals surface area contributed by atoms with Gasteiger partial charge in [-0.2, -0.15) is 0 Å². The number of carbonyl (C=O) groups excluding carboxylic acids is 1. The van der Waals surface area contributed by atoms with Gasteiger partial charge < -0.3 is 5.32 Å². The molecule has 0 aromatic heterocycles. The van der Waals surface area contributed by atoms with Gasteiger partial charge in [0.25, 0.3) is 5.69 Å². The molecule has 1 atom stereocenters. The molecule has 0 radical (unpaired) electrons. The van der Waals surface area contributed by atoms with Crippen molar-refractivity contribution >= 4 is 11.6 Å². The Morgan fingerprint density at radius 1 is 1.33 bits per heavy atom. The van der Waals surface area contributed by atoms with Crippen molar-refractivity contribution in [3.63, 3.8) is 0 Å². The average molecular weight is 206 g/mol. The number of non-ortho nitro benzene ring substituents is 1. The molecule has 5 nitrogen and oxygen atoms in total. The van der Waals surface area contributed by atoms with Crippen LogP contribution in [0.1, 0.15) is 24.4 Å². The Morgan fingerprint density at radius 3 is 2.47 bits per heavy atom. The fourth-order valence-electron chi connectivity index (χ4n) is 1.69. The third-order valence-corrected chi connectivity index (χ3v) is 2.50. The number of hydrogen-bond acceptors (Lipinski definition) is 3. The number of carbonyl (C=O) groups is 1. The lowest BCUT2D eigenvalue weighted by Crippen LogP contribution is -2.18. The summed E-state index contributed by atoms with van der Waals surface area (Å²) in [4.78, 5) is 21.0. The average Bonchev–Trinajstić information content (AvgIpc) is 2.65. The van der Waals surface area contributed by atoms with Crippen LogP contribution in [-0.2, 0) is 4.79 Å². The smallest absolute Gasteiger partial charge is 0.269 e. The molecule has 15 heavy (non-hydrogen) atoms. The zero-order chi connectivity index (χ0) is 10.8. The monoisotopic (exact) mass is 206 g/mol. The second-order valence-corrected chi connectivity index (χ2v) is 3.51. The summed E-state index contributed by atoms with van der Waals surface area (Å²) in [6.07, 6.45) is 1.29. The van der Waals surface area contributed by atoms with Gasteiger partial charge in [0.2, 0.25) is 5.91 Å². The summed E-state index contributed by atoms with van der Waals surface area (Å²) >= 11 is 0. The molecular formula is C10H10N2O3. The van der Waals surface area contributed by atoms with Gasteiger partial charge in [0.1, 0.15) is 0 Å². The van der Waals surface area contributed by atoms with Gasteiger partial charge in [-0.05, 0) is 12.0 Å². The number of nitro groups is 1. The molecule has 0 aliphatic carbocycles. The van der Waals surface area contributed by atoms with E-state index in [2.05, 4.69) is 5.32 Å². The van der Waals surface area contributed by atoms with Gasteiger partial charge in [0, 0.05) is 18.6 Å². The minimum atomic E-state index is -0.434. The van der Waals surface area contributed by atoms with Crippen LogP contribution in [0.5, 0.6) is 0 Å². The van der Waals surface area contributed by atoms with Crippen LogP contribution < -0.4 is 5.32 Å². The Balaban J connectivity index is 2.17. The molecule has 0 spiro atoms. The van der Waals surface area contributed by atoms with Gasteiger partial charge in [-0.1, -0.05) is 12.1 Å². The van der Waals surface area contributed by atoms with Crippen LogP contribution >= 0.6 is 0 Å². The zero-order valence-corrected chi connectivity index (χ0v) is 7.97. The van der Waals surface area contributed by atoms with Crippen LogP contribution in [0.25, 0.3) is 0 Å². The van der Waals surface area contributed by atoms with Crippen molar-refractivity contribution < 1.29 is 9.72 Å². The number of nitrogens with one attached hydrogen (secondary N) is 1. The Hall–Kier alpha value is -1.91.